The summed E-state index contributed by atoms with van der Waals surface area (Å²) in [6, 6.07) is 18.2. The lowest BCUT2D eigenvalue weighted by Crippen LogP contribution is -1.83. The lowest BCUT2D eigenvalue weighted by Gasteiger charge is -1.99. The smallest absolute Gasteiger partial charge is 0.0553 e. The van der Waals surface area contributed by atoms with Crippen molar-refractivity contribution in [2.45, 2.75) is 0 Å². The molecule has 3 aromatic rings. The Hall–Kier alpha value is -2.35. The van der Waals surface area contributed by atoms with Gasteiger partial charge in [0.1, 0.15) is 0 Å². The molecule has 0 spiro atoms. The van der Waals surface area contributed by atoms with Crippen molar-refractivity contribution in [2.24, 2.45) is 0 Å². The summed E-state index contributed by atoms with van der Waals surface area (Å²) in [6.07, 6.45) is 1.42. The first kappa shape index (κ1) is 9.85. The lowest BCUT2D eigenvalue weighted by atomic mass is 10.1. The van der Waals surface area contributed by atoms with Gasteiger partial charge in [-0.1, -0.05) is 48.5 Å². The van der Waals surface area contributed by atoms with Gasteiger partial charge in [-0.25, -0.2) is 0 Å². The third-order valence-electron chi connectivity index (χ3n) is 2.95. The molecule has 82 valence electrons. The first-order valence-electron chi connectivity index (χ1n) is 5.57. The van der Waals surface area contributed by atoms with Crippen LogP contribution in [0.5, 0.6) is 0 Å². The highest BCUT2D eigenvalue weighted by Crippen LogP contribution is 2.28. The van der Waals surface area contributed by atoms with Gasteiger partial charge in [-0.05, 0) is 11.6 Å². The molecule has 1 aromatic heterocycles. The molecule has 0 unspecified atom stereocenters. The minimum absolute atomic E-state index is 0.951. The van der Waals surface area contributed by atoms with Crippen LogP contribution in [0.25, 0.3) is 22.2 Å². The van der Waals surface area contributed by atoms with E-state index in [0.717, 1.165) is 27.7 Å². The predicted octanol–water partition coefficient (Wildman–Crippen LogP) is 3.83. The van der Waals surface area contributed by atoms with Crippen LogP contribution in [0.2, 0.25) is 0 Å². The number of nitrogens with one attached hydrogen (secondary N) is 2. The molecule has 1 heterocycles. The Kier molecular flexibility index (Phi) is 2.26. The molecule has 2 aromatic carbocycles. The highest BCUT2D eigenvalue weighted by molar-refractivity contribution is 6.04. The Morgan fingerprint density at radius 3 is 2.35 bits per heavy atom. The largest absolute Gasteiger partial charge is 0.354 e. The van der Waals surface area contributed by atoms with Crippen LogP contribution in [0.1, 0.15) is 5.56 Å². The molecule has 2 heteroatoms. The maximum atomic E-state index is 7.59. The molecule has 0 fully saturated rings. The lowest BCUT2D eigenvalue weighted by molar-refractivity contribution is 1.44. The van der Waals surface area contributed by atoms with Gasteiger partial charge in [0, 0.05) is 22.7 Å². The van der Waals surface area contributed by atoms with Gasteiger partial charge in [-0.3, -0.25) is 0 Å². The van der Waals surface area contributed by atoms with Gasteiger partial charge < -0.3 is 10.4 Å². The molecule has 2 nitrogen and oxygen atoms in total. The summed E-state index contributed by atoms with van der Waals surface area (Å²) in [5.74, 6) is 0. The molecule has 0 aliphatic carbocycles. The van der Waals surface area contributed by atoms with Gasteiger partial charge in [0.25, 0.3) is 0 Å². The van der Waals surface area contributed by atoms with Gasteiger partial charge in [0.05, 0.1) is 5.69 Å². The predicted molar refractivity (Wildman–Crippen MR) is 71.6 cm³/mol. The van der Waals surface area contributed by atoms with Crippen LogP contribution in [0.4, 0.5) is 0 Å². The summed E-state index contributed by atoms with van der Waals surface area (Å²) in [5, 5.41) is 8.69. The average Bonchev–Trinajstić information content (AvgIpc) is 2.78. The Morgan fingerprint density at radius 1 is 0.882 bits per heavy atom. The van der Waals surface area contributed by atoms with Gasteiger partial charge in [0.15, 0.2) is 0 Å². The van der Waals surface area contributed by atoms with Crippen LogP contribution < -0.4 is 0 Å². The van der Waals surface area contributed by atoms with Gasteiger partial charge >= 0.3 is 0 Å². The number of rotatable bonds is 2. The standard InChI is InChI=1S/C15H12N2/c16-10-13-12-8-4-5-9-14(12)17-15(13)11-6-2-1-3-7-11/h1-10,16-17H. The number of fused-ring (bicyclic) bond motifs is 1. The van der Waals surface area contributed by atoms with Crippen molar-refractivity contribution in [1.29, 1.82) is 5.41 Å². The number of H-pyrrole nitrogens is 1. The van der Waals surface area contributed by atoms with Gasteiger partial charge in [-0.15, -0.1) is 0 Å². The van der Waals surface area contributed by atoms with Crippen molar-refractivity contribution >= 4 is 17.1 Å². The SMILES string of the molecule is N=Cc1c(-c2ccccc2)[nH]c2ccccc12. The number of benzene rings is 2. The van der Waals surface area contributed by atoms with Crippen molar-refractivity contribution in [2.75, 3.05) is 0 Å². The van der Waals surface area contributed by atoms with Crippen molar-refractivity contribution in [3.8, 4) is 11.3 Å². The van der Waals surface area contributed by atoms with E-state index in [0.29, 0.717) is 0 Å². The summed E-state index contributed by atoms with van der Waals surface area (Å²) in [7, 11) is 0. The molecule has 0 saturated carbocycles. The van der Waals surface area contributed by atoms with Crippen molar-refractivity contribution in [3.63, 3.8) is 0 Å². The fraction of sp³-hybridized carbons (Fsp3) is 0. The van der Waals surface area contributed by atoms with Gasteiger partial charge in [0.2, 0.25) is 0 Å². The quantitative estimate of drug-likeness (QED) is 0.616. The molecule has 0 atom stereocenters. The molecule has 17 heavy (non-hydrogen) atoms. The van der Waals surface area contributed by atoms with Crippen LogP contribution in [0.3, 0.4) is 0 Å². The normalized spacial score (nSPS) is 10.6. The van der Waals surface area contributed by atoms with Crippen LogP contribution in [-0.4, -0.2) is 11.2 Å². The molecule has 0 radical (unpaired) electrons. The number of aromatic nitrogens is 1. The van der Waals surface area contributed by atoms with E-state index in [4.69, 9.17) is 5.41 Å². The first-order chi connectivity index (χ1) is 8.40. The summed E-state index contributed by atoms with van der Waals surface area (Å²) >= 11 is 0. The number of hydrogen-bond acceptors (Lipinski definition) is 1. The van der Waals surface area contributed by atoms with E-state index in [-0.39, 0.29) is 0 Å². The van der Waals surface area contributed by atoms with E-state index >= 15 is 0 Å². The highest BCUT2D eigenvalue weighted by atomic mass is 14.7. The third-order valence-corrected chi connectivity index (χ3v) is 2.95. The second-order valence-electron chi connectivity index (χ2n) is 3.97. The summed E-state index contributed by atoms with van der Waals surface area (Å²) in [5.41, 5.74) is 4.15. The van der Waals surface area contributed by atoms with E-state index in [1.54, 1.807) is 0 Å². The molecular weight excluding hydrogens is 208 g/mol. The Balaban J connectivity index is 2.33. The number of hydrogen-bond donors (Lipinski definition) is 2. The number of aromatic amines is 1. The van der Waals surface area contributed by atoms with Crippen molar-refractivity contribution in [3.05, 3.63) is 60.2 Å². The summed E-state index contributed by atoms with van der Waals surface area (Å²) in [4.78, 5) is 3.38. The fourth-order valence-electron chi connectivity index (χ4n) is 2.15. The van der Waals surface area contributed by atoms with E-state index < -0.39 is 0 Å². The van der Waals surface area contributed by atoms with Crippen molar-refractivity contribution < 1.29 is 0 Å². The second-order valence-corrected chi connectivity index (χ2v) is 3.97. The van der Waals surface area contributed by atoms with Gasteiger partial charge in [-0.2, -0.15) is 0 Å². The van der Waals surface area contributed by atoms with Crippen LogP contribution >= 0.6 is 0 Å². The minimum Gasteiger partial charge on any atom is -0.354 e. The van der Waals surface area contributed by atoms with E-state index in [1.165, 1.54) is 6.21 Å². The topological polar surface area (TPSA) is 39.6 Å². The molecule has 0 saturated heterocycles. The maximum absolute atomic E-state index is 7.59. The Morgan fingerprint density at radius 2 is 1.59 bits per heavy atom. The van der Waals surface area contributed by atoms with Crippen LogP contribution in [-0.2, 0) is 0 Å². The molecule has 0 bridgehead atoms. The van der Waals surface area contributed by atoms with Crippen LogP contribution in [0, 0.1) is 5.41 Å². The minimum atomic E-state index is 0.951. The molecule has 2 N–H and O–H groups in total. The Bertz CT molecular complexity index is 666. The molecule has 0 amide bonds. The summed E-state index contributed by atoms with van der Waals surface area (Å²) < 4.78 is 0. The molecular formula is C15H12N2. The number of para-hydroxylation sites is 1. The zero-order valence-corrected chi connectivity index (χ0v) is 9.27. The zero-order chi connectivity index (χ0) is 11.7. The zero-order valence-electron chi connectivity index (χ0n) is 9.27. The van der Waals surface area contributed by atoms with E-state index in [2.05, 4.69) is 17.1 Å². The fourth-order valence-corrected chi connectivity index (χ4v) is 2.15. The highest BCUT2D eigenvalue weighted by Gasteiger charge is 2.09. The Labute approximate surface area is 99.4 Å². The maximum Gasteiger partial charge on any atom is 0.0553 e. The molecule has 0 aliphatic heterocycles. The molecule has 0 aliphatic rings. The van der Waals surface area contributed by atoms with E-state index in [1.807, 2.05) is 42.5 Å². The van der Waals surface area contributed by atoms with Crippen LogP contribution in [0.15, 0.2) is 54.6 Å². The first-order valence-corrected chi connectivity index (χ1v) is 5.57. The average molecular weight is 220 g/mol. The van der Waals surface area contributed by atoms with E-state index in [9.17, 15) is 0 Å². The third kappa shape index (κ3) is 1.54. The molecule has 3 rings (SSSR count). The monoisotopic (exact) mass is 220 g/mol. The second kappa shape index (κ2) is 3.91. The van der Waals surface area contributed by atoms with Crippen molar-refractivity contribution in [1.82, 2.24) is 4.98 Å². The summed E-state index contributed by atoms with van der Waals surface area (Å²) in [6.45, 7) is 0.